The number of likely N-dealkylation sites (N-methyl/N-ethyl adjacent to an activating group) is 1. The zero-order valence-corrected chi connectivity index (χ0v) is 29.6. The number of anilines is 2. The predicted molar refractivity (Wildman–Crippen MR) is 189 cm³/mol. The first-order chi connectivity index (χ1) is 23.4. The van der Waals surface area contributed by atoms with Crippen LogP contribution in [-0.2, 0) is 14.8 Å². The van der Waals surface area contributed by atoms with Gasteiger partial charge in [0.1, 0.15) is 11.5 Å². The molecule has 4 rings (SSSR count). The SMILES string of the molecule is COc1ccc(S(=O)(=O)Nc2ccc3c(c2)C(=O)N([C@@H](C)CO)C[C@@H](C)[C@@H](CN(C)C(=O)Nc2ccccc2)OCCCC[C@H](C)O3)cc1. The van der Waals surface area contributed by atoms with Gasteiger partial charge in [-0.15, -0.1) is 0 Å². The minimum Gasteiger partial charge on any atom is -0.497 e. The number of sulfonamides is 1. The molecule has 0 unspecified atom stereocenters. The number of rotatable bonds is 9. The molecule has 0 spiro atoms. The maximum atomic E-state index is 14.4. The number of benzene rings is 3. The molecule has 0 aliphatic carbocycles. The van der Waals surface area contributed by atoms with Crippen molar-refractivity contribution in [1.29, 1.82) is 0 Å². The fraction of sp³-hybridized carbons (Fsp3) is 0.444. The summed E-state index contributed by atoms with van der Waals surface area (Å²) < 4.78 is 46.8. The van der Waals surface area contributed by atoms with E-state index in [0.717, 1.165) is 12.8 Å². The highest BCUT2D eigenvalue weighted by Crippen LogP contribution is 2.30. The number of hydrogen-bond donors (Lipinski definition) is 3. The van der Waals surface area contributed by atoms with Crippen molar-refractivity contribution in [2.45, 2.75) is 63.2 Å². The van der Waals surface area contributed by atoms with Crippen LogP contribution in [0, 0.1) is 5.92 Å². The Kier molecular flexibility index (Phi) is 13.3. The Morgan fingerprint density at radius 1 is 1.06 bits per heavy atom. The summed E-state index contributed by atoms with van der Waals surface area (Å²) in [5, 5.41) is 13.1. The molecule has 0 bridgehead atoms. The highest BCUT2D eigenvalue weighted by molar-refractivity contribution is 7.92. The standard InChI is InChI=1S/C36H48N4O8S/c1-25-22-40(26(2)24-41)35(42)32-21-29(38-49(44,45)31-17-15-30(46-5)16-18-31)14-19-33(32)48-27(3)11-9-10-20-47-34(25)23-39(4)36(43)37-28-12-7-6-8-13-28/h6-8,12-19,21,25-27,34,38,41H,9-11,20,22-24H2,1-5H3,(H,37,43)/t25-,26+,27+,34-/m1/s1. The monoisotopic (exact) mass is 696 g/mol. The Labute approximate surface area is 289 Å². The van der Waals surface area contributed by atoms with E-state index in [4.69, 9.17) is 14.2 Å². The number of nitrogens with zero attached hydrogens (tertiary/aromatic N) is 2. The van der Waals surface area contributed by atoms with Crippen LogP contribution in [0.2, 0.25) is 0 Å². The van der Waals surface area contributed by atoms with Crippen LogP contribution in [0.5, 0.6) is 11.5 Å². The first-order valence-electron chi connectivity index (χ1n) is 16.5. The molecule has 12 nitrogen and oxygen atoms in total. The van der Waals surface area contributed by atoms with Crippen molar-refractivity contribution in [3.8, 4) is 11.5 Å². The van der Waals surface area contributed by atoms with E-state index in [1.807, 2.05) is 44.2 Å². The number of hydrogen-bond acceptors (Lipinski definition) is 8. The molecule has 4 atom stereocenters. The molecule has 3 amide bonds. The van der Waals surface area contributed by atoms with Gasteiger partial charge in [0.2, 0.25) is 0 Å². The number of amides is 3. The molecule has 1 aliphatic rings. The lowest BCUT2D eigenvalue weighted by molar-refractivity contribution is -0.0115. The molecule has 0 saturated heterocycles. The van der Waals surface area contributed by atoms with E-state index < -0.39 is 28.1 Å². The van der Waals surface area contributed by atoms with Gasteiger partial charge in [-0.3, -0.25) is 9.52 Å². The number of nitrogens with one attached hydrogen (secondary N) is 2. The van der Waals surface area contributed by atoms with E-state index in [9.17, 15) is 23.1 Å². The highest BCUT2D eigenvalue weighted by Gasteiger charge is 2.31. The van der Waals surface area contributed by atoms with Crippen molar-refractivity contribution >= 4 is 33.3 Å². The number of aliphatic hydroxyl groups is 1. The van der Waals surface area contributed by atoms with Crippen LogP contribution in [0.4, 0.5) is 16.2 Å². The molecule has 1 aliphatic heterocycles. The Bertz CT molecular complexity index is 1640. The van der Waals surface area contributed by atoms with Gasteiger partial charge >= 0.3 is 6.03 Å². The average molecular weight is 697 g/mol. The quantitative estimate of drug-likeness (QED) is 0.268. The van der Waals surface area contributed by atoms with E-state index in [-0.39, 0.29) is 53.9 Å². The molecule has 3 N–H and O–H groups in total. The third-order valence-electron chi connectivity index (χ3n) is 8.50. The summed E-state index contributed by atoms with van der Waals surface area (Å²) in [4.78, 5) is 30.6. The van der Waals surface area contributed by atoms with Crippen molar-refractivity contribution in [2.75, 3.05) is 50.5 Å². The van der Waals surface area contributed by atoms with Gasteiger partial charge in [0.05, 0.1) is 42.4 Å². The number of aliphatic hydroxyl groups excluding tert-OH is 1. The fourth-order valence-corrected chi connectivity index (χ4v) is 6.56. The second kappa shape index (κ2) is 17.4. The van der Waals surface area contributed by atoms with Crippen molar-refractivity contribution in [2.24, 2.45) is 5.92 Å². The number of urea groups is 1. The lowest BCUT2D eigenvalue weighted by atomic mass is 10.0. The van der Waals surface area contributed by atoms with Gasteiger partial charge in [0, 0.05) is 44.0 Å². The molecule has 0 aromatic heterocycles. The minimum atomic E-state index is -4.00. The summed E-state index contributed by atoms with van der Waals surface area (Å²) in [5.41, 5.74) is 1.01. The number of para-hydroxylation sites is 1. The van der Waals surface area contributed by atoms with Crippen LogP contribution in [0.25, 0.3) is 0 Å². The zero-order chi connectivity index (χ0) is 35.6. The molecular formula is C36H48N4O8S. The van der Waals surface area contributed by atoms with Gasteiger partial charge in [-0.2, -0.15) is 0 Å². The second-order valence-corrected chi connectivity index (χ2v) is 14.2. The number of methoxy groups -OCH3 is 1. The lowest BCUT2D eigenvalue weighted by Crippen LogP contribution is -2.48. The van der Waals surface area contributed by atoms with Crippen molar-refractivity contribution in [3.63, 3.8) is 0 Å². The smallest absolute Gasteiger partial charge is 0.321 e. The van der Waals surface area contributed by atoms with Crippen LogP contribution in [0.15, 0.2) is 77.7 Å². The predicted octanol–water partition coefficient (Wildman–Crippen LogP) is 5.46. The van der Waals surface area contributed by atoms with Crippen LogP contribution in [-0.4, -0.2) is 94.0 Å². The van der Waals surface area contributed by atoms with E-state index in [0.29, 0.717) is 30.2 Å². The van der Waals surface area contributed by atoms with E-state index in [1.54, 1.807) is 48.0 Å². The largest absolute Gasteiger partial charge is 0.497 e. The van der Waals surface area contributed by atoms with E-state index in [2.05, 4.69) is 10.0 Å². The third-order valence-corrected chi connectivity index (χ3v) is 9.90. The first kappa shape index (κ1) is 37.5. The molecule has 0 saturated carbocycles. The summed E-state index contributed by atoms with van der Waals surface area (Å²) in [6.07, 6.45) is 1.60. The van der Waals surface area contributed by atoms with Gasteiger partial charge in [-0.1, -0.05) is 25.1 Å². The maximum absolute atomic E-state index is 14.4. The highest BCUT2D eigenvalue weighted by atomic mass is 32.2. The Balaban J connectivity index is 1.63. The second-order valence-electron chi connectivity index (χ2n) is 12.5. The van der Waals surface area contributed by atoms with E-state index in [1.165, 1.54) is 25.3 Å². The van der Waals surface area contributed by atoms with Crippen LogP contribution in [0.1, 0.15) is 50.4 Å². The Morgan fingerprint density at radius 2 is 1.78 bits per heavy atom. The van der Waals surface area contributed by atoms with Gasteiger partial charge in [-0.05, 0) is 87.7 Å². The molecule has 0 fully saturated rings. The number of carbonyl (C=O) groups is 2. The average Bonchev–Trinajstić information content (AvgIpc) is 3.09. The van der Waals surface area contributed by atoms with Gasteiger partial charge in [0.25, 0.3) is 15.9 Å². The van der Waals surface area contributed by atoms with E-state index >= 15 is 0 Å². The summed E-state index contributed by atoms with van der Waals surface area (Å²) in [6.45, 7) is 6.22. The van der Waals surface area contributed by atoms with Crippen LogP contribution < -0.4 is 19.5 Å². The fourth-order valence-electron chi connectivity index (χ4n) is 5.51. The Hall–Kier alpha value is -4.33. The molecule has 266 valence electrons. The maximum Gasteiger partial charge on any atom is 0.321 e. The summed E-state index contributed by atoms with van der Waals surface area (Å²) in [5.74, 6) is 0.138. The van der Waals surface area contributed by atoms with Crippen molar-refractivity contribution in [3.05, 3.63) is 78.4 Å². The molecule has 1 heterocycles. The molecule has 3 aromatic carbocycles. The molecule has 13 heteroatoms. The van der Waals surface area contributed by atoms with Gasteiger partial charge in [-0.25, -0.2) is 13.2 Å². The number of fused-ring (bicyclic) bond motifs is 1. The number of ether oxygens (including phenoxy) is 3. The molecule has 0 radical (unpaired) electrons. The normalized spacial score (nSPS) is 19.8. The third kappa shape index (κ3) is 10.3. The van der Waals surface area contributed by atoms with Crippen LogP contribution >= 0.6 is 0 Å². The first-order valence-corrected chi connectivity index (χ1v) is 18.0. The molecule has 49 heavy (non-hydrogen) atoms. The topological polar surface area (TPSA) is 147 Å². The lowest BCUT2D eigenvalue weighted by Gasteiger charge is -2.35. The minimum absolute atomic E-state index is 0.0300. The summed E-state index contributed by atoms with van der Waals surface area (Å²) in [7, 11) is -0.803. The molecular weight excluding hydrogens is 648 g/mol. The van der Waals surface area contributed by atoms with Crippen molar-refractivity contribution in [1.82, 2.24) is 9.80 Å². The van der Waals surface area contributed by atoms with Crippen molar-refractivity contribution < 1.29 is 37.3 Å². The van der Waals surface area contributed by atoms with Gasteiger partial charge in [0.15, 0.2) is 0 Å². The van der Waals surface area contributed by atoms with Gasteiger partial charge < -0.3 is 34.4 Å². The Morgan fingerprint density at radius 3 is 2.45 bits per heavy atom. The number of carbonyl (C=O) groups excluding carboxylic acids is 2. The summed E-state index contributed by atoms with van der Waals surface area (Å²) >= 11 is 0. The van der Waals surface area contributed by atoms with Crippen LogP contribution in [0.3, 0.4) is 0 Å². The zero-order valence-electron chi connectivity index (χ0n) is 28.8. The summed E-state index contributed by atoms with van der Waals surface area (Å²) in [6, 6.07) is 18.9. The molecule has 3 aromatic rings.